The molecule has 240 valence electrons. The minimum atomic E-state index is -1.14. The van der Waals surface area contributed by atoms with E-state index in [0.717, 1.165) is 53.4 Å². The molecule has 0 spiro atoms. The van der Waals surface area contributed by atoms with E-state index < -0.39 is 95.9 Å². The van der Waals surface area contributed by atoms with Crippen LogP contribution in [0.3, 0.4) is 0 Å². The second-order valence-electron chi connectivity index (χ2n) is 7.71. The highest BCUT2D eigenvalue weighted by Crippen LogP contribution is 2.39. The average Bonchev–Trinajstić information content (AvgIpc) is 3.55. The zero-order chi connectivity index (χ0) is 35.2. The average molecular weight is 648 g/mol. The smallest absolute Gasteiger partial charge is 0.358 e. The quantitative estimate of drug-likeness (QED) is 0.237. The number of rotatable bonds is 9. The highest BCUT2D eigenvalue weighted by Gasteiger charge is 2.42. The molecule has 0 aliphatic rings. The van der Waals surface area contributed by atoms with Crippen LogP contribution in [0.1, 0.15) is 0 Å². The van der Waals surface area contributed by atoms with Crippen molar-refractivity contribution in [1.82, 2.24) is 13.7 Å². The first-order valence-electron chi connectivity index (χ1n) is 10.5. The third-order valence-corrected chi connectivity index (χ3v) is 4.97. The van der Waals surface area contributed by atoms with Crippen LogP contribution in [0.4, 0.5) is 51.6 Å². The van der Waals surface area contributed by atoms with Crippen LogP contribution in [0.5, 0.6) is 0 Å². The Kier molecular flexibility index (Phi) is 10.6. The molecule has 3 aromatic rings. The van der Waals surface area contributed by atoms with Gasteiger partial charge in [0, 0.05) is 0 Å². The summed E-state index contributed by atoms with van der Waals surface area (Å²) >= 11 is 0. The number of aromatic nitrogens is 3. The molecule has 45 heavy (non-hydrogen) atoms. The van der Waals surface area contributed by atoms with Gasteiger partial charge in [0.1, 0.15) is 0 Å². The molecule has 0 atom stereocenters. The van der Waals surface area contributed by atoms with Gasteiger partial charge in [-0.25, -0.2) is 13.7 Å². The summed E-state index contributed by atoms with van der Waals surface area (Å²) < 4.78 is 2.20. The highest BCUT2D eigenvalue weighted by molar-refractivity contribution is 5.65. The number of nitro groups is 9. The van der Waals surface area contributed by atoms with Crippen LogP contribution in [0.25, 0.3) is 0 Å². The van der Waals surface area contributed by atoms with Crippen LogP contribution < -0.4 is 0 Å². The Morgan fingerprint density at radius 2 is 0.533 bits per heavy atom. The van der Waals surface area contributed by atoms with Crippen molar-refractivity contribution in [3.8, 4) is 0 Å². The van der Waals surface area contributed by atoms with E-state index in [1.807, 2.05) is 0 Å². The van der Waals surface area contributed by atoms with Crippen LogP contribution in [0.2, 0.25) is 0 Å². The molecule has 0 saturated heterocycles. The SMILES string of the molecule is Cn1cc([N+](=O)[O-])c([N+](=O)[O-])c1[N+](=O)[O-].Cn1cc([N+](=O)[O-])c([N+](=O)[O-])c1[N+](=O)[O-].Cn1cc([N+](=O)[O-])c([N+](=O)[O-])c1[N+](=O)[O-]. The zero-order valence-electron chi connectivity index (χ0n) is 21.9. The van der Waals surface area contributed by atoms with Crippen LogP contribution in [-0.4, -0.2) is 58.0 Å². The highest BCUT2D eigenvalue weighted by atomic mass is 16.7. The van der Waals surface area contributed by atoms with Gasteiger partial charge in [0.2, 0.25) is 0 Å². The van der Waals surface area contributed by atoms with Gasteiger partial charge in [-0.3, -0.25) is 60.7 Å². The van der Waals surface area contributed by atoms with Crippen molar-refractivity contribution in [3.05, 3.63) is 110 Å². The van der Waals surface area contributed by atoms with Crippen molar-refractivity contribution in [2.75, 3.05) is 0 Å². The lowest BCUT2D eigenvalue weighted by molar-refractivity contribution is -0.440. The van der Waals surface area contributed by atoms with Gasteiger partial charge in [0.25, 0.3) is 0 Å². The van der Waals surface area contributed by atoms with E-state index in [9.17, 15) is 91.0 Å². The Hall–Kier alpha value is -7.56. The van der Waals surface area contributed by atoms with Crippen LogP contribution in [-0.2, 0) is 21.1 Å². The summed E-state index contributed by atoms with van der Waals surface area (Å²) in [6.07, 6.45) is 2.20. The second kappa shape index (κ2) is 13.4. The second-order valence-corrected chi connectivity index (χ2v) is 7.71. The van der Waals surface area contributed by atoms with Gasteiger partial charge in [-0.15, -0.1) is 0 Å². The predicted molar refractivity (Wildman–Crippen MR) is 136 cm³/mol. The number of hydrogen-bond donors (Lipinski definition) is 0. The van der Waals surface area contributed by atoms with Crippen molar-refractivity contribution < 1.29 is 44.3 Å². The molecule has 0 N–H and O–H groups in total. The molecule has 0 amide bonds. The molecule has 0 radical (unpaired) electrons. The van der Waals surface area contributed by atoms with E-state index in [0.29, 0.717) is 0 Å². The first-order chi connectivity index (χ1) is 20.6. The molecule has 0 fully saturated rings. The van der Waals surface area contributed by atoms with E-state index >= 15 is 0 Å². The molecule has 0 unspecified atom stereocenters. The number of hydrogen-bond acceptors (Lipinski definition) is 18. The third kappa shape index (κ3) is 7.40. The molecule has 0 aromatic carbocycles. The Morgan fingerprint density at radius 1 is 0.356 bits per heavy atom. The summed E-state index contributed by atoms with van der Waals surface area (Å²) in [6, 6.07) is 0. The lowest BCUT2D eigenvalue weighted by atomic mass is 10.4. The monoisotopic (exact) mass is 648 g/mol. The summed E-state index contributed by atoms with van der Waals surface area (Å²) in [4.78, 5) is 84.2. The van der Waals surface area contributed by atoms with Crippen molar-refractivity contribution in [2.24, 2.45) is 21.1 Å². The largest absolute Gasteiger partial charge is 0.441 e. The summed E-state index contributed by atoms with van der Waals surface area (Å²) in [5.41, 5.74) is -6.00. The van der Waals surface area contributed by atoms with Gasteiger partial charge in [-0.2, -0.15) is 0 Å². The van der Waals surface area contributed by atoms with Crippen molar-refractivity contribution >= 4 is 51.6 Å². The lowest BCUT2D eigenvalue weighted by Gasteiger charge is -1.92. The molecule has 3 rings (SSSR count). The van der Waals surface area contributed by atoms with Crippen LogP contribution in [0, 0.1) is 91.0 Å². The van der Waals surface area contributed by atoms with E-state index in [1.54, 1.807) is 0 Å². The lowest BCUT2D eigenvalue weighted by Crippen LogP contribution is -2.00. The molecule has 0 aliphatic heterocycles. The molecular weight excluding hydrogens is 636 g/mol. The fourth-order valence-electron chi connectivity index (χ4n) is 3.33. The fourth-order valence-corrected chi connectivity index (χ4v) is 3.33. The minimum absolute atomic E-state index is 0.732. The molecule has 0 saturated carbocycles. The normalized spacial score (nSPS) is 9.93. The molecule has 0 bridgehead atoms. The predicted octanol–water partition coefficient (Wildman–Crippen LogP) is 2.25. The molecule has 3 aromatic heterocycles. The maximum absolute atomic E-state index is 10.4. The third-order valence-electron chi connectivity index (χ3n) is 4.97. The standard InChI is InChI=1S/3C5H4N4O6/c3*1-6-2-3(7(10)11)4(8(12)13)5(6)9(14)15/h3*2H,1H3. The van der Waals surface area contributed by atoms with Crippen LogP contribution in [0.15, 0.2) is 18.6 Å². The van der Waals surface area contributed by atoms with E-state index in [2.05, 4.69) is 0 Å². The van der Waals surface area contributed by atoms with E-state index in [1.165, 1.54) is 0 Å². The summed E-state index contributed by atoms with van der Waals surface area (Å²) in [5, 5.41) is 93.8. The minimum Gasteiger partial charge on any atom is -0.358 e. The maximum atomic E-state index is 10.4. The molecule has 30 heteroatoms. The van der Waals surface area contributed by atoms with Gasteiger partial charge >= 0.3 is 51.6 Å². The zero-order valence-corrected chi connectivity index (χ0v) is 21.9. The molecule has 0 aliphatic carbocycles. The Balaban J connectivity index is 0.000000337. The number of nitrogens with zero attached hydrogens (tertiary/aromatic N) is 12. The molecular formula is C15H12N12O18. The Bertz CT molecular complexity index is 1590. The van der Waals surface area contributed by atoms with E-state index in [4.69, 9.17) is 0 Å². The Labute approximate surface area is 241 Å². The topological polar surface area (TPSA) is 403 Å². The summed E-state index contributed by atoms with van der Waals surface area (Å²) in [7, 11) is 3.37. The summed E-state index contributed by atoms with van der Waals surface area (Å²) in [6.45, 7) is 0. The van der Waals surface area contributed by atoms with E-state index in [-0.39, 0.29) is 0 Å². The Morgan fingerprint density at radius 3 is 0.644 bits per heavy atom. The van der Waals surface area contributed by atoms with Crippen molar-refractivity contribution in [1.29, 1.82) is 0 Å². The molecule has 3 heterocycles. The number of aryl methyl sites for hydroxylation is 3. The first-order valence-corrected chi connectivity index (χ1v) is 10.5. The summed E-state index contributed by atoms with van der Waals surface area (Å²) in [5.74, 6) is -2.73. The van der Waals surface area contributed by atoms with Gasteiger partial charge in [0.15, 0.2) is 18.6 Å². The van der Waals surface area contributed by atoms with Gasteiger partial charge in [-0.1, -0.05) is 0 Å². The molecule has 30 nitrogen and oxygen atoms in total. The van der Waals surface area contributed by atoms with Gasteiger partial charge in [0.05, 0.1) is 50.7 Å². The first kappa shape index (κ1) is 35.5. The van der Waals surface area contributed by atoms with Crippen molar-refractivity contribution in [2.45, 2.75) is 0 Å². The van der Waals surface area contributed by atoms with Gasteiger partial charge < -0.3 is 30.3 Å². The van der Waals surface area contributed by atoms with Crippen molar-refractivity contribution in [3.63, 3.8) is 0 Å². The maximum Gasteiger partial charge on any atom is 0.441 e. The van der Waals surface area contributed by atoms with Gasteiger partial charge in [-0.05, 0) is 14.8 Å². The van der Waals surface area contributed by atoms with Crippen LogP contribution >= 0.6 is 0 Å². The fraction of sp³-hybridized carbons (Fsp3) is 0.200.